The molecule has 5 rings (SSSR count). The number of sulfone groups is 1. The van der Waals surface area contributed by atoms with Crippen LogP contribution < -0.4 is 10.5 Å². The molecule has 2 aliphatic heterocycles. The first-order valence-electron chi connectivity index (χ1n) is 12.9. The predicted molar refractivity (Wildman–Crippen MR) is 147 cm³/mol. The number of nitrogens with zero attached hydrogens (tertiary/aromatic N) is 5. The van der Waals surface area contributed by atoms with Crippen LogP contribution in [0, 0.1) is 18.3 Å². The van der Waals surface area contributed by atoms with E-state index in [1.165, 1.54) is 12.1 Å². The monoisotopic (exact) mass is 537 g/mol. The molecule has 4 heterocycles. The third-order valence-electron chi connectivity index (χ3n) is 8.13. The van der Waals surface area contributed by atoms with Gasteiger partial charge in [-0.1, -0.05) is 18.7 Å². The van der Waals surface area contributed by atoms with Crippen LogP contribution in [0.1, 0.15) is 38.3 Å². The van der Waals surface area contributed by atoms with E-state index in [1.54, 1.807) is 29.8 Å². The summed E-state index contributed by atoms with van der Waals surface area (Å²) in [4.78, 5) is 25.5. The van der Waals surface area contributed by atoms with Crippen LogP contribution in [0.2, 0.25) is 0 Å². The first kappa shape index (κ1) is 26.3. The lowest BCUT2D eigenvalue weighted by atomic mass is 9.85. The molecular weight excluding hydrogens is 505 g/mol. The van der Waals surface area contributed by atoms with Crippen LogP contribution in [0.3, 0.4) is 0 Å². The van der Waals surface area contributed by atoms with Gasteiger partial charge in [-0.3, -0.25) is 9.69 Å². The summed E-state index contributed by atoms with van der Waals surface area (Å²) < 4.78 is 39.7. The summed E-state index contributed by atoms with van der Waals surface area (Å²) >= 11 is 0. The van der Waals surface area contributed by atoms with Crippen molar-refractivity contribution in [3.05, 3.63) is 75.6 Å². The van der Waals surface area contributed by atoms with Crippen molar-refractivity contribution >= 4 is 32.4 Å². The molecule has 1 unspecified atom stereocenters. The molecule has 2 saturated heterocycles. The highest BCUT2D eigenvalue weighted by Crippen LogP contribution is 2.40. The van der Waals surface area contributed by atoms with Gasteiger partial charge in [0.1, 0.15) is 15.7 Å². The number of aryl methyl sites for hydroxylation is 1. The predicted octanol–water partition coefficient (Wildman–Crippen LogP) is 4.09. The van der Waals surface area contributed by atoms with Crippen LogP contribution in [0.25, 0.3) is 15.9 Å². The molecule has 0 amide bonds. The van der Waals surface area contributed by atoms with Gasteiger partial charge in [0.2, 0.25) is 5.52 Å². The van der Waals surface area contributed by atoms with Gasteiger partial charge in [0.25, 0.3) is 11.4 Å². The van der Waals surface area contributed by atoms with Crippen LogP contribution >= 0.6 is 0 Å². The number of benzene rings is 1. The molecule has 0 saturated carbocycles. The highest BCUT2D eigenvalue weighted by molar-refractivity contribution is 7.91. The zero-order chi connectivity index (χ0) is 27.2. The number of hydrogen-bond acceptors (Lipinski definition) is 6. The van der Waals surface area contributed by atoms with Gasteiger partial charge in [-0.15, -0.1) is 4.98 Å². The largest absolute Gasteiger partial charge is 0.362 e. The highest BCUT2D eigenvalue weighted by atomic mass is 32.2. The SMILES string of the molecule is [C-]#[N+]c1ccc2c(n1)c(N1C[C@@H](C)N(C(c3ccc(F)cc3)C3CCS(=O)(=O)CC3)C[C@@H]1C)cc(=O)n2C. The fourth-order valence-electron chi connectivity index (χ4n) is 6.08. The summed E-state index contributed by atoms with van der Waals surface area (Å²) in [6, 6.07) is 11.6. The van der Waals surface area contributed by atoms with E-state index in [4.69, 9.17) is 6.57 Å². The molecule has 2 fully saturated rings. The topological polar surface area (TPSA) is 79.9 Å². The van der Waals surface area contributed by atoms with Crippen molar-refractivity contribution in [3.63, 3.8) is 0 Å². The lowest BCUT2D eigenvalue weighted by Gasteiger charge is -2.50. The summed E-state index contributed by atoms with van der Waals surface area (Å²) in [5.74, 6) is 0.466. The number of hydrogen-bond donors (Lipinski definition) is 0. The maximum absolute atomic E-state index is 13.8. The minimum absolute atomic E-state index is 0.00942. The van der Waals surface area contributed by atoms with Crippen molar-refractivity contribution in [2.24, 2.45) is 13.0 Å². The van der Waals surface area contributed by atoms with Crippen molar-refractivity contribution in [3.8, 4) is 0 Å². The van der Waals surface area contributed by atoms with Crippen LogP contribution in [-0.4, -0.2) is 59.5 Å². The quantitative estimate of drug-likeness (QED) is 0.467. The number of fused-ring (bicyclic) bond motifs is 1. The van der Waals surface area contributed by atoms with Crippen LogP contribution in [0.4, 0.5) is 15.9 Å². The fourth-order valence-corrected chi connectivity index (χ4v) is 7.61. The molecule has 0 aliphatic carbocycles. The zero-order valence-electron chi connectivity index (χ0n) is 21.8. The highest BCUT2D eigenvalue weighted by Gasteiger charge is 2.40. The van der Waals surface area contributed by atoms with Crippen molar-refractivity contribution in [1.29, 1.82) is 0 Å². The molecule has 0 bridgehead atoms. The van der Waals surface area contributed by atoms with E-state index in [1.807, 2.05) is 12.1 Å². The Morgan fingerprint density at radius 2 is 1.74 bits per heavy atom. The normalized spacial score (nSPS) is 23.3. The number of piperazine rings is 1. The molecule has 10 heteroatoms. The number of halogens is 1. The van der Waals surface area contributed by atoms with Gasteiger partial charge in [-0.2, -0.15) is 0 Å². The molecule has 0 spiro atoms. The van der Waals surface area contributed by atoms with E-state index in [2.05, 4.69) is 33.5 Å². The molecular formula is C28H32FN5O3S. The minimum Gasteiger partial charge on any atom is -0.362 e. The van der Waals surface area contributed by atoms with Gasteiger partial charge in [-0.05, 0) is 62.4 Å². The summed E-state index contributed by atoms with van der Waals surface area (Å²) in [7, 11) is -1.31. The third kappa shape index (κ3) is 4.93. The lowest BCUT2D eigenvalue weighted by molar-refractivity contribution is 0.0688. The van der Waals surface area contributed by atoms with Gasteiger partial charge < -0.3 is 14.3 Å². The number of anilines is 1. The second kappa shape index (κ2) is 10.1. The molecule has 8 nitrogen and oxygen atoms in total. The molecule has 2 aliphatic rings. The van der Waals surface area contributed by atoms with Gasteiger partial charge in [-0.25, -0.2) is 12.8 Å². The lowest BCUT2D eigenvalue weighted by Crippen LogP contribution is -2.58. The smallest absolute Gasteiger partial charge is 0.270 e. The number of pyridine rings is 2. The average Bonchev–Trinajstić information content (AvgIpc) is 2.89. The van der Waals surface area contributed by atoms with E-state index >= 15 is 0 Å². The molecule has 1 aromatic carbocycles. The maximum Gasteiger partial charge on any atom is 0.270 e. The summed E-state index contributed by atoms with van der Waals surface area (Å²) in [6.07, 6.45) is 1.16. The number of aromatic nitrogens is 2. The summed E-state index contributed by atoms with van der Waals surface area (Å²) in [5, 5.41) is 0. The van der Waals surface area contributed by atoms with E-state index in [9.17, 15) is 17.6 Å². The van der Waals surface area contributed by atoms with Gasteiger partial charge in [0.15, 0.2) is 0 Å². The second-order valence-electron chi connectivity index (χ2n) is 10.6. The van der Waals surface area contributed by atoms with Crippen molar-refractivity contribution < 1.29 is 12.8 Å². The Morgan fingerprint density at radius 3 is 2.39 bits per heavy atom. The van der Waals surface area contributed by atoms with Gasteiger partial charge >= 0.3 is 0 Å². The summed E-state index contributed by atoms with van der Waals surface area (Å²) in [6.45, 7) is 12.9. The Morgan fingerprint density at radius 1 is 1.05 bits per heavy atom. The zero-order valence-corrected chi connectivity index (χ0v) is 22.7. The van der Waals surface area contributed by atoms with E-state index in [0.29, 0.717) is 37.0 Å². The molecule has 0 N–H and O–H groups in total. The molecule has 2 aromatic heterocycles. The Bertz CT molecular complexity index is 1550. The first-order valence-corrected chi connectivity index (χ1v) is 14.8. The standard InChI is InChI=1S/C28H32FN5O3S/c1-18-17-34(28(20-5-7-22(29)8-6-20)21-11-13-38(36,37)14-12-21)19(2)16-33(18)24-15-26(35)32(4)23-9-10-25(30-3)31-27(23)24/h5-10,15,18-19,21,28H,11-14,16-17H2,1-2,4H3/t18-,19+,28?/m0/s1. The van der Waals surface area contributed by atoms with Crippen LogP contribution in [0.15, 0.2) is 47.3 Å². The molecule has 200 valence electrons. The Balaban J connectivity index is 1.51. The third-order valence-corrected chi connectivity index (χ3v) is 9.84. The fraction of sp³-hybridized carbons (Fsp3) is 0.464. The first-order chi connectivity index (χ1) is 18.1. The summed E-state index contributed by atoms with van der Waals surface area (Å²) in [5.41, 5.74) is 2.87. The van der Waals surface area contributed by atoms with Crippen LogP contribution in [-0.2, 0) is 16.9 Å². The Labute approximate surface area is 222 Å². The Hall–Kier alpha value is -3.29. The van der Waals surface area contributed by atoms with E-state index < -0.39 is 9.84 Å². The average molecular weight is 538 g/mol. The molecule has 3 aromatic rings. The molecule has 3 atom stereocenters. The second-order valence-corrected chi connectivity index (χ2v) is 12.9. The molecule has 0 radical (unpaired) electrons. The van der Waals surface area contributed by atoms with Gasteiger partial charge in [0.05, 0.1) is 22.7 Å². The van der Waals surface area contributed by atoms with Crippen molar-refractivity contribution in [2.75, 3.05) is 29.5 Å². The molecule has 38 heavy (non-hydrogen) atoms. The van der Waals surface area contributed by atoms with Crippen molar-refractivity contribution in [1.82, 2.24) is 14.5 Å². The maximum atomic E-state index is 13.8. The van der Waals surface area contributed by atoms with Crippen LogP contribution in [0.5, 0.6) is 0 Å². The van der Waals surface area contributed by atoms with E-state index in [0.717, 1.165) is 11.3 Å². The van der Waals surface area contributed by atoms with E-state index in [-0.39, 0.29) is 52.7 Å². The number of rotatable bonds is 4. The Kier molecular flexibility index (Phi) is 7.01. The van der Waals surface area contributed by atoms with Gasteiger partial charge in [0, 0.05) is 44.3 Å². The minimum atomic E-state index is -3.02. The van der Waals surface area contributed by atoms with Crippen molar-refractivity contribution in [2.45, 2.75) is 44.8 Å².